The van der Waals surface area contributed by atoms with Crippen LogP contribution >= 0.6 is 0 Å². The molecule has 39 heavy (non-hydrogen) atoms. The minimum absolute atomic E-state index is 0.275. The van der Waals surface area contributed by atoms with Gasteiger partial charge in [0.05, 0.1) is 57.3 Å². The van der Waals surface area contributed by atoms with Crippen molar-refractivity contribution < 1.29 is 28.2 Å². The highest BCUT2D eigenvalue weighted by Gasteiger charge is 2.79. The minimum Gasteiger partial charge on any atom is -0.423 e. The van der Waals surface area contributed by atoms with Crippen molar-refractivity contribution in [1.82, 2.24) is 0 Å². The zero-order chi connectivity index (χ0) is 30.6. The van der Waals surface area contributed by atoms with E-state index >= 15 is 0 Å². The SMILES string of the molecule is CC1(C)O[C@H]2O[C@H]([C@H]3CO[Si]([Si](C)(C)C)([Si](C)(C)C)[Si](C)(C)[Si](C)(C)[Si]([Si](C)(C)C)([Si](C)(C)C)O3)[C@H](O)[C@H]2O1. The fourth-order valence-electron chi connectivity index (χ4n) is 10.4. The number of ether oxygens (including phenoxy) is 3. The molecule has 230 valence electrons. The van der Waals surface area contributed by atoms with E-state index in [1.54, 1.807) is 0 Å². The maximum absolute atomic E-state index is 11.7. The third-order valence-electron chi connectivity index (χ3n) is 10.8. The second-order valence-electron chi connectivity index (χ2n) is 18.1. The van der Waals surface area contributed by atoms with Crippen LogP contribution in [0.25, 0.3) is 0 Å². The molecule has 0 aromatic heterocycles. The van der Waals surface area contributed by atoms with E-state index in [-0.39, 0.29) is 6.10 Å². The second kappa shape index (κ2) is 10.0. The molecule has 1 N–H and O–H groups in total. The van der Waals surface area contributed by atoms with Crippen molar-refractivity contribution >= 4 is 58.3 Å². The van der Waals surface area contributed by atoms with E-state index in [4.69, 9.17) is 23.1 Å². The molecule has 0 spiro atoms. The van der Waals surface area contributed by atoms with Gasteiger partial charge in [0.1, 0.15) is 18.3 Å². The lowest BCUT2D eigenvalue weighted by atomic mass is 10.1. The lowest BCUT2D eigenvalue weighted by Crippen LogP contribution is -3.00. The normalized spacial score (nSPS) is 36.2. The van der Waals surface area contributed by atoms with Gasteiger partial charge in [-0.05, 0) is 13.8 Å². The van der Waals surface area contributed by atoms with Crippen molar-refractivity contribution in [2.24, 2.45) is 0 Å². The molecule has 0 aromatic carbocycles. The summed E-state index contributed by atoms with van der Waals surface area (Å²) in [6.45, 7) is 42.6. The van der Waals surface area contributed by atoms with Gasteiger partial charge in [-0.2, -0.15) is 0 Å². The molecule has 0 radical (unpaired) electrons. The Morgan fingerprint density at radius 3 is 1.44 bits per heavy atom. The quantitative estimate of drug-likeness (QED) is 0.368. The van der Waals surface area contributed by atoms with Crippen LogP contribution in [0.3, 0.4) is 0 Å². The molecule has 6 nitrogen and oxygen atoms in total. The summed E-state index contributed by atoms with van der Waals surface area (Å²) in [4.78, 5) is 0. The van der Waals surface area contributed by atoms with Crippen molar-refractivity contribution in [2.75, 3.05) is 6.61 Å². The van der Waals surface area contributed by atoms with Crippen molar-refractivity contribution in [3.63, 3.8) is 0 Å². The maximum Gasteiger partial charge on any atom is 0.190 e. The molecule has 0 aliphatic carbocycles. The molecular weight excluding hydrogens is 621 g/mol. The Morgan fingerprint density at radius 1 is 0.641 bits per heavy atom. The molecule has 5 atom stereocenters. The van der Waals surface area contributed by atoms with Crippen LogP contribution in [-0.4, -0.2) is 107 Å². The molecule has 3 heterocycles. The number of rotatable bonds is 5. The monoisotopic (exact) mass is 682 g/mol. The van der Waals surface area contributed by atoms with Gasteiger partial charge in [-0.15, -0.1) is 0 Å². The highest BCUT2D eigenvalue weighted by molar-refractivity contribution is 8.09. The van der Waals surface area contributed by atoms with Gasteiger partial charge in [-0.25, -0.2) is 0 Å². The molecule has 3 saturated heterocycles. The zero-order valence-corrected chi connectivity index (χ0v) is 36.6. The van der Waals surface area contributed by atoms with E-state index in [9.17, 15) is 5.11 Å². The molecule has 0 unspecified atom stereocenters. The second-order valence-corrected chi connectivity index (χ2v) is 104. The number of aliphatic hydroxyl groups excluding tert-OH is 1. The summed E-state index contributed by atoms with van der Waals surface area (Å²) in [5, 5.41) is 11.7. The predicted molar refractivity (Wildman–Crippen MR) is 185 cm³/mol. The van der Waals surface area contributed by atoms with Crippen LogP contribution in [0, 0.1) is 0 Å². The smallest absolute Gasteiger partial charge is 0.190 e. The van der Waals surface area contributed by atoms with Crippen molar-refractivity contribution in [2.45, 2.75) is 155 Å². The Morgan fingerprint density at radius 2 is 1.05 bits per heavy atom. The molecule has 0 saturated carbocycles. The summed E-state index contributed by atoms with van der Waals surface area (Å²) in [6.07, 6.45) is -2.60. The van der Waals surface area contributed by atoms with Crippen LogP contribution in [0.2, 0.25) is 105 Å². The molecule has 3 aliphatic heterocycles. The molecule has 0 bridgehead atoms. The van der Waals surface area contributed by atoms with Gasteiger partial charge in [0.25, 0.3) is 0 Å². The van der Waals surface area contributed by atoms with Crippen molar-refractivity contribution in [3.8, 4) is 0 Å². The average molecular weight is 683 g/mol. The van der Waals surface area contributed by atoms with Crippen molar-refractivity contribution in [3.05, 3.63) is 0 Å². The van der Waals surface area contributed by atoms with E-state index in [2.05, 4.69) is 105 Å². The third kappa shape index (κ3) is 4.99. The summed E-state index contributed by atoms with van der Waals surface area (Å²) in [7, 11) is -10.9. The molecule has 3 fully saturated rings. The molecule has 3 rings (SSSR count). The van der Waals surface area contributed by atoms with Crippen LogP contribution in [0.4, 0.5) is 0 Å². The minimum atomic E-state index is -2.30. The number of hydrogen-bond acceptors (Lipinski definition) is 6. The van der Waals surface area contributed by atoms with Crippen LogP contribution in [-0.2, 0) is 23.1 Å². The molecular formula is C25H62O6Si8. The first-order chi connectivity index (χ1) is 17.0. The van der Waals surface area contributed by atoms with Gasteiger partial charge >= 0.3 is 0 Å². The van der Waals surface area contributed by atoms with Gasteiger partial charge in [0, 0.05) is 0 Å². The van der Waals surface area contributed by atoms with E-state index in [1.807, 2.05) is 13.8 Å². The fraction of sp³-hybridized carbons (Fsp3) is 1.00. The van der Waals surface area contributed by atoms with Crippen LogP contribution < -0.4 is 0 Å². The van der Waals surface area contributed by atoms with E-state index in [1.165, 1.54) is 0 Å². The summed E-state index contributed by atoms with van der Waals surface area (Å²) in [5.41, 5.74) is 0. The largest absolute Gasteiger partial charge is 0.423 e. The Balaban J connectivity index is 2.33. The van der Waals surface area contributed by atoms with Crippen LogP contribution in [0.15, 0.2) is 0 Å². The first kappa shape index (κ1) is 35.0. The highest BCUT2D eigenvalue weighted by atomic mass is 30.2. The summed E-state index contributed by atoms with van der Waals surface area (Å²) >= 11 is 0. The van der Waals surface area contributed by atoms with Crippen molar-refractivity contribution in [1.29, 1.82) is 0 Å². The van der Waals surface area contributed by atoms with Gasteiger partial charge in [-0.1, -0.05) is 105 Å². The number of aliphatic hydroxyl groups is 1. The van der Waals surface area contributed by atoms with Gasteiger partial charge < -0.3 is 28.2 Å². The zero-order valence-electron chi connectivity index (χ0n) is 28.6. The predicted octanol–water partition coefficient (Wildman–Crippen LogP) is 5.85. The standard InChI is InChI=1S/C25H62O6Si8/c1-25(2)29-23-21(26)22(28-24(23)30-25)20-19-27-38(32(3,4)5,33(6,7)8)36(15,16)37(17,18)39(31-20,34(9,10)11)35(12,13)14/h20-24,26H,19H2,1-18H3/t20-,21+,22-,23-,24-/m1/s1. The van der Waals surface area contributed by atoms with Gasteiger partial charge in [0.2, 0.25) is 0 Å². The number of hydrogen-bond donors (Lipinski definition) is 1. The first-order valence-electron chi connectivity index (χ1n) is 15.0. The van der Waals surface area contributed by atoms with Crippen LogP contribution in [0.5, 0.6) is 0 Å². The molecule has 14 heteroatoms. The van der Waals surface area contributed by atoms with E-state index in [0.29, 0.717) is 6.61 Å². The average Bonchev–Trinajstić information content (AvgIpc) is 3.11. The Hall–Kier alpha value is 1.50. The first-order valence-corrected chi connectivity index (χ1v) is 45.8. The fourth-order valence-corrected chi connectivity index (χ4v) is 300. The number of fused-ring (bicyclic) bond motifs is 1. The topological polar surface area (TPSA) is 66.4 Å². The third-order valence-corrected chi connectivity index (χ3v) is 180. The Bertz CT molecular complexity index is 903. The van der Waals surface area contributed by atoms with Gasteiger partial charge in [-0.3, -0.25) is 0 Å². The summed E-state index contributed by atoms with van der Waals surface area (Å²) in [5.74, 6) is -0.753. The van der Waals surface area contributed by atoms with E-state index < -0.39 is 88.7 Å². The van der Waals surface area contributed by atoms with E-state index in [0.717, 1.165) is 0 Å². The Labute approximate surface area is 247 Å². The lowest BCUT2D eigenvalue weighted by Gasteiger charge is -2.70. The van der Waals surface area contributed by atoms with Gasteiger partial charge in [0.15, 0.2) is 25.8 Å². The lowest BCUT2D eigenvalue weighted by molar-refractivity contribution is -0.225. The summed E-state index contributed by atoms with van der Waals surface area (Å²) in [6, 6.07) is 0. The van der Waals surface area contributed by atoms with Crippen LogP contribution in [0.1, 0.15) is 13.8 Å². The summed E-state index contributed by atoms with van der Waals surface area (Å²) < 4.78 is 34.5. The molecule has 0 amide bonds. The highest BCUT2D eigenvalue weighted by Crippen LogP contribution is 2.51. The molecule has 0 aromatic rings. The maximum atomic E-state index is 11.7. The Kier molecular flexibility index (Phi) is 8.97. The molecule has 3 aliphatic rings.